The van der Waals surface area contributed by atoms with Crippen LogP contribution in [0.3, 0.4) is 0 Å². The van der Waals surface area contributed by atoms with E-state index in [1.165, 1.54) is 24.0 Å². The fourth-order valence-electron chi connectivity index (χ4n) is 4.68. The highest BCUT2D eigenvalue weighted by Crippen LogP contribution is 2.30. The minimum atomic E-state index is -0.882. The number of pyridine rings is 1. The lowest BCUT2D eigenvalue weighted by Crippen LogP contribution is -2.26. The van der Waals surface area contributed by atoms with Crippen molar-refractivity contribution in [2.45, 2.75) is 51.2 Å². The standard InChI is InChI=1S/C28H32N6O/c1-28(2,35)19-34-18-24(27(33-34)23-4-3-12-30-17-23)25-11-15-31-26(32-25)16-20-5-7-21(8-6-20)22-9-13-29-14-10-22/h3-8,11-12,15,17-18,22,29,35H,9-10,13-14,16,19H2,1-2H3. The normalized spacial score (nSPS) is 14.8. The Morgan fingerprint density at radius 1 is 1.06 bits per heavy atom. The summed E-state index contributed by atoms with van der Waals surface area (Å²) in [5.41, 5.74) is 5.14. The van der Waals surface area contributed by atoms with Crippen molar-refractivity contribution in [1.82, 2.24) is 30.0 Å². The molecular formula is C28H32N6O. The van der Waals surface area contributed by atoms with Crippen LogP contribution in [0.2, 0.25) is 0 Å². The van der Waals surface area contributed by atoms with E-state index in [1.807, 2.05) is 24.4 Å². The van der Waals surface area contributed by atoms with Gasteiger partial charge in [0.1, 0.15) is 11.5 Å². The van der Waals surface area contributed by atoms with Crippen molar-refractivity contribution in [2.24, 2.45) is 0 Å². The molecule has 0 aliphatic carbocycles. The summed E-state index contributed by atoms with van der Waals surface area (Å²) in [5.74, 6) is 1.42. The van der Waals surface area contributed by atoms with Gasteiger partial charge in [0, 0.05) is 42.3 Å². The lowest BCUT2D eigenvalue weighted by atomic mass is 9.89. The quantitative estimate of drug-likeness (QED) is 0.422. The SMILES string of the molecule is CC(C)(O)Cn1cc(-c2ccnc(Cc3ccc(C4CCNCC4)cc3)n2)c(-c2cccnc2)n1. The second kappa shape index (κ2) is 10.1. The monoisotopic (exact) mass is 468 g/mol. The largest absolute Gasteiger partial charge is 0.389 e. The molecule has 0 spiro atoms. The Hall–Kier alpha value is -3.42. The van der Waals surface area contributed by atoms with E-state index >= 15 is 0 Å². The summed E-state index contributed by atoms with van der Waals surface area (Å²) in [5, 5.41) is 18.5. The van der Waals surface area contributed by atoms with E-state index in [1.54, 1.807) is 37.1 Å². The average Bonchev–Trinajstić information content (AvgIpc) is 3.28. The van der Waals surface area contributed by atoms with Crippen LogP contribution in [0, 0.1) is 0 Å². The van der Waals surface area contributed by atoms with Crippen LogP contribution in [0.1, 0.15) is 49.6 Å². The topological polar surface area (TPSA) is 88.8 Å². The zero-order chi connectivity index (χ0) is 24.3. The van der Waals surface area contributed by atoms with Crippen molar-refractivity contribution >= 4 is 0 Å². The summed E-state index contributed by atoms with van der Waals surface area (Å²) in [6.07, 6.45) is 10.4. The van der Waals surface area contributed by atoms with Gasteiger partial charge in [-0.3, -0.25) is 9.67 Å². The molecule has 180 valence electrons. The van der Waals surface area contributed by atoms with Gasteiger partial charge in [-0.1, -0.05) is 24.3 Å². The Bertz CT molecular complexity index is 1250. The first kappa shape index (κ1) is 23.3. The number of hydrogen-bond acceptors (Lipinski definition) is 6. The number of aromatic nitrogens is 5. The second-order valence-electron chi connectivity index (χ2n) is 9.94. The minimum Gasteiger partial charge on any atom is -0.389 e. The van der Waals surface area contributed by atoms with E-state index in [9.17, 15) is 5.11 Å². The van der Waals surface area contributed by atoms with E-state index in [4.69, 9.17) is 10.1 Å². The van der Waals surface area contributed by atoms with Gasteiger partial charge in [-0.15, -0.1) is 0 Å². The maximum Gasteiger partial charge on any atom is 0.133 e. The summed E-state index contributed by atoms with van der Waals surface area (Å²) in [6, 6.07) is 14.7. The molecule has 1 aliphatic heterocycles. The molecule has 1 saturated heterocycles. The third kappa shape index (κ3) is 5.81. The molecule has 3 aromatic heterocycles. The van der Waals surface area contributed by atoms with Crippen molar-refractivity contribution in [3.8, 4) is 22.5 Å². The Balaban J connectivity index is 1.41. The molecule has 0 radical (unpaired) electrons. The molecular weight excluding hydrogens is 436 g/mol. The predicted molar refractivity (Wildman–Crippen MR) is 137 cm³/mol. The number of piperidine rings is 1. The van der Waals surface area contributed by atoms with Gasteiger partial charge < -0.3 is 10.4 Å². The number of benzene rings is 1. The van der Waals surface area contributed by atoms with Gasteiger partial charge in [-0.05, 0) is 75.0 Å². The molecule has 1 aromatic carbocycles. The number of rotatable bonds is 7. The van der Waals surface area contributed by atoms with Gasteiger partial charge in [0.2, 0.25) is 0 Å². The minimum absolute atomic E-state index is 0.377. The predicted octanol–water partition coefficient (Wildman–Crippen LogP) is 4.23. The first-order chi connectivity index (χ1) is 16.9. The van der Waals surface area contributed by atoms with Gasteiger partial charge >= 0.3 is 0 Å². The molecule has 1 fully saturated rings. The average molecular weight is 469 g/mol. The Labute approximate surface area is 206 Å². The Morgan fingerprint density at radius 2 is 1.86 bits per heavy atom. The lowest BCUT2D eigenvalue weighted by Gasteiger charge is -2.23. The smallest absolute Gasteiger partial charge is 0.133 e. The highest BCUT2D eigenvalue weighted by molar-refractivity contribution is 5.78. The third-order valence-electron chi connectivity index (χ3n) is 6.38. The lowest BCUT2D eigenvalue weighted by molar-refractivity contribution is 0.0578. The zero-order valence-electron chi connectivity index (χ0n) is 20.4. The van der Waals surface area contributed by atoms with Crippen LogP contribution < -0.4 is 5.32 Å². The van der Waals surface area contributed by atoms with Crippen molar-refractivity contribution in [2.75, 3.05) is 13.1 Å². The summed E-state index contributed by atoms with van der Waals surface area (Å²) in [6.45, 7) is 6.12. The highest BCUT2D eigenvalue weighted by atomic mass is 16.3. The van der Waals surface area contributed by atoms with Gasteiger partial charge in [-0.2, -0.15) is 5.10 Å². The Morgan fingerprint density at radius 3 is 2.57 bits per heavy atom. The van der Waals surface area contributed by atoms with Crippen molar-refractivity contribution in [3.63, 3.8) is 0 Å². The van der Waals surface area contributed by atoms with Crippen LogP contribution in [0.4, 0.5) is 0 Å². The molecule has 5 rings (SSSR count). The van der Waals surface area contributed by atoms with Gasteiger partial charge in [0.25, 0.3) is 0 Å². The molecule has 0 amide bonds. The van der Waals surface area contributed by atoms with Gasteiger partial charge in [0.15, 0.2) is 0 Å². The van der Waals surface area contributed by atoms with E-state index in [0.29, 0.717) is 18.9 Å². The van der Waals surface area contributed by atoms with E-state index in [2.05, 4.69) is 39.6 Å². The summed E-state index contributed by atoms with van der Waals surface area (Å²) < 4.78 is 1.78. The van der Waals surface area contributed by atoms with Crippen LogP contribution >= 0.6 is 0 Å². The molecule has 0 saturated carbocycles. The highest BCUT2D eigenvalue weighted by Gasteiger charge is 2.20. The van der Waals surface area contributed by atoms with Crippen LogP contribution in [0.5, 0.6) is 0 Å². The summed E-state index contributed by atoms with van der Waals surface area (Å²) in [4.78, 5) is 13.7. The van der Waals surface area contributed by atoms with Crippen LogP contribution in [-0.2, 0) is 13.0 Å². The Kier molecular flexibility index (Phi) is 6.70. The van der Waals surface area contributed by atoms with Crippen molar-refractivity contribution in [1.29, 1.82) is 0 Å². The molecule has 7 nitrogen and oxygen atoms in total. The number of aliphatic hydroxyl groups is 1. The number of nitrogens with zero attached hydrogens (tertiary/aromatic N) is 5. The zero-order valence-corrected chi connectivity index (χ0v) is 20.4. The molecule has 0 unspecified atom stereocenters. The van der Waals surface area contributed by atoms with Gasteiger partial charge in [-0.25, -0.2) is 9.97 Å². The maximum atomic E-state index is 10.3. The van der Waals surface area contributed by atoms with Gasteiger partial charge in [0.05, 0.1) is 17.8 Å². The molecule has 2 N–H and O–H groups in total. The number of hydrogen-bond donors (Lipinski definition) is 2. The second-order valence-corrected chi connectivity index (χ2v) is 9.94. The molecule has 4 aromatic rings. The first-order valence-electron chi connectivity index (χ1n) is 12.3. The van der Waals surface area contributed by atoms with Crippen LogP contribution in [-0.4, -0.2) is 48.5 Å². The summed E-state index contributed by atoms with van der Waals surface area (Å²) in [7, 11) is 0. The van der Waals surface area contributed by atoms with Crippen molar-refractivity contribution in [3.05, 3.63) is 84.2 Å². The van der Waals surface area contributed by atoms with Crippen LogP contribution in [0.25, 0.3) is 22.5 Å². The third-order valence-corrected chi connectivity index (χ3v) is 6.38. The molecule has 35 heavy (non-hydrogen) atoms. The molecule has 0 atom stereocenters. The summed E-state index contributed by atoms with van der Waals surface area (Å²) >= 11 is 0. The molecule has 7 heteroatoms. The van der Waals surface area contributed by atoms with E-state index in [0.717, 1.165) is 41.4 Å². The maximum absolute atomic E-state index is 10.3. The van der Waals surface area contributed by atoms with E-state index < -0.39 is 5.60 Å². The number of nitrogens with one attached hydrogen (secondary N) is 1. The van der Waals surface area contributed by atoms with E-state index in [-0.39, 0.29) is 0 Å². The molecule has 0 bridgehead atoms. The molecule has 1 aliphatic rings. The van der Waals surface area contributed by atoms with Crippen LogP contribution in [0.15, 0.2) is 67.3 Å². The first-order valence-corrected chi connectivity index (χ1v) is 12.3. The van der Waals surface area contributed by atoms with Crippen molar-refractivity contribution < 1.29 is 5.11 Å². The fourth-order valence-corrected chi connectivity index (χ4v) is 4.68. The molecule has 4 heterocycles. The fraction of sp³-hybridized carbons (Fsp3) is 0.357.